The predicted octanol–water partition coefficient (Wildman–Crippen LogP) is 3.24. The first-order valence-electron chi connectivity index (χ1n) is 14.1. The maximum atomic E-state index is 13.5. The van der Waals surface area contributed by atoms with E-state index in [-0.39, 0.29) is 37.4 Å². The van der Waals surface area contributed by atoms with E-state index >= 15 is 0 Å². The van der Waals surface area contributed by atoms with E-state index in [1.807, 2.05) is 18.2 Å². The lowest BCUT2D eigenvalue weighted by atomic mass is 9.94. The van der Waals surface area contributed by atoms with E-state index in [1.165, 1.54) is 10.8 Å². The summed E-state index contributed by atoms with van der Waals surface area (Å²) in [5, 5.41) is 5.65. The first kappa shape index (κ1) is 30.0. The minimum absolute atomic E-state index is 0.00921. The molecule has 226 valence electrons. The molecule has 0 fully saturated rings. The van der Waals surface area contributed by atoms with Crippen molar-refractivity contribution in [3.05, 3.63) is 108 Å². The van der Waals surface area contributed by atoms with E-state index in [9.17, 15) is 19.2 Å². The van der Waals surface area contributed by atoms with Gasteiger partial charge in [-0.05, 0) is 60.0 Å². The Morgan fingerprint density at radius 3 is 2.45 bits per heavy atom. The average molecular weight is 598 g/mol. The molecule has 0 radical (unpaired) electrons. The number of rotatable bonds is 12. The fraction of sp³-hybridized carbons (Fsp3) is 0.242. The molecule has 0 spiro atoms. The third-order valence-corrected chi connectivity index (χ3v) is 7.35. The minimum atomic E-state index is -0.689. The van der Waals surface area contributed by atoms with Crippen molar-refractivity contribution in [2.24, 2.45) is 5.92 Å². The second-order valence-corrected chi connectivity index (χ2v) is 10.2. The number of imide groups is 1. The van der Waals surface area contributed by atoms with Gasteiger partial charge < -0.3 is 24.5 Å². The summed E-state index contributed by atoms with van der Waals surface area (Å²) in [6.45, 7) is 0.335. The zero-order valence-corrected chi connectivity index (χ0v) is 24.4. The molecule has 2 aliphatic rings. The molecule has 1 aliphatic carbocycles. The number of furan rings is 1. The molecule has 11 nitrogen and oxygen atoms in total. The van der Waals surface area contributed by atoms with Gasteiger partial charge in [-0.2, -0.15) is 14.3 Å². The van der Waals surface area contributed by atoms with Gasteiger partial charge in [-0.1, -0.05) is 36.4 Å². The fourth-order valence-electron chi connectivity index (χ4n) is 5.02. The molecule has 1 atom stereocenters. The number of urea groups is 1. The number of hydrogen-bond acceptors (Lipinski definition) is 7. The van der Waals surface area contributed by atoms with Gasteiger partial charge in [-0.3, -0.25) is 9.59 Å². The maximum Gasteiger partial charge on any atom is 0.501 e. The molecule has 0 saturated heterocycles. The molecule has 0 bridgehead atoms. The van der Waals surface area contributed by atoms with Crippen molar-refractivity contribution in [2.75, 3.05) is 27.3 Å². The number of carbonyl (C=O) groups excluding carboxylic acids is 4. The van der Waals surface area contributed by atoms with Crippen LogP contribution in [0.3, 0.4) is 0 Å². The van der Waals surface area contributed by atoms with Crippen molar-refractivity contribution in [1.82, 2.24) is 15.5 Å². The number of benzene rings is 2. The molecule has 2 N–H and O–H groups in total. The lowest BCUT2D eigenvalue weighted by Gasteiger charge is -2.26. The van der Waals surface area contributed by atoms with Crippen molar-refractivity contribution in [3.63, 3.8) is 0 Å². The summed E-state index contributed by atoms with van der Waals surface area (Å²) in [6, 6.07) is 15.2. The smallest absolute Gasteiger partial charge is 0.493 e. The number of carbonyl (C=O) groups is 4. The van der Waals surface area contributed by atoms with Crippen LogP contribution in [0.25, 0.3) is 0 Å². The van der Waals surface area contributed by atoms with Crippen LogP contribution in [0.2, 0.25) is 0 Å². The van der Waals surface area contributed by atoms with Gasteiger partial charge in [0.05, 0.1) is 27.0 Å². The van der Waals surface area contributed by atoms with Crippen molar-refractivity contribution in [2.45, 2.75) is 19.5 Å². The van der Waals surface area contributed by atoms with Crippen molar-refractivity contribution in [1.29, 1.82) is 0 Å². The highest BCUT2D eigenvalue weighted by molar-refractivity contribution is 6.16. The van der Waals surface area contributed by atoms with Gasteiger partial charge in [-0.25, -0.2) is 4.79 Å². The van der Waals surface area contributed by atoms with E-state index < -0.39 is 11.9 Å². The molecular weight excluding hydrogens is 564 g/mol. The topological polar surface area (TPSA) is 130 Å². The Morgan fingerprint density at radius 2 is 1.73 bits per heavy atom. The molecule has 44 heavy (non-hydrogen) atoms. The summed E-state index contributed by atoms with van der Waals surface area (Å²) in [7, 11) is 3.15. The third-order valence-electron chi connectivity index (χ3n) is 7.35. The molecule has 5 rings (SSSR count). The van der Waals surface area contributed by atoms with Crippen LogP contribution in [0.15, 0.2) is 89.6 Å². The third kappa shape index (κ3) is 6.78. The van der Waals surface area contributed by atoms with Crippen LogP contribution in [0, 0.1) is 5.92 Å². The highest BCUT2D eigenvalue weighted by atomic mass is 16.5. The summed E-state index contributed by atoms with van der Waals surface area (Å²) in [6.07, 6.45) is 8.97. The zero-order valence-electron chi connectivity index (χ0n) is 24.4. The van der Waals surface area contributed by atoms with Gasteiger partial charge in [0.1, 0.15) is 23.9 Å². The molecule has 0 saturated carbocycles. The number of nitrogens with zero attached hydrogens (tertiary/aromatic N) is 2. The van der Waals surface area contributed by atoms with E-state index in [0.29, 0.717) is 47.1 Å². The van der Waals surface area contributed by atoms with Crippen LogP contribution in [0.4, 0.5) is 4.79 Å². The monoisotopic (exact) mass is 597 g/mol. The molecule has 1 aliphatic heterocycles. The first-order valence-corrected chi connectivity index (χ1v) is 14.1. The van der Waals surface area contributed by atoms with E-state index in [2.05, 4.69) is 10.6 Å². The zero-order chi connectivity index (χ0) is 31.1. The van der Waals surface area contributed by atoms with Gasteiger partial charge in [0, 0.05) is 12.1 Å². The number of nitrogens with one attached hydrogen (secondary N) is 2. The Hall–Kier alpha value is -5.45. The summed E-state index contributed by atoms with van der Waals surface area (Å²) in [5.41, 5.74) is 2.55. The van der Waals surface area contributed by atoms with Gasteiger partial charge in [0.25, 0.3) is 11.8 Å². The molecule has 1 aromatic heterocycles. The van der Waals surface area contributed by atoms with Crippen LogP contribution in [-0.2, 0) is 29.1 Å². The van der Waals surface area contributed by atoms with Crippen molar-refractivity contribution in [3.8, 4) is 11.5 Å². The SMILES string of the molecule is COc1ccc(CCNC(=O)c2ccc(CN3C(=O)C4C=CC=CC4=[N+](CC(=O)NCc4ccco4)C3=O)cc2)cc1OC. The Balaban J connectivity index is 1.21. The van der Waals surface area contributed by atoms with Crippen LogP contribution < -0.4 is 20.1 Å². The molecule has 2 heterocycles. The number of amides is 5. The molecular formula is C33H33N4O7+. The summed E-state index contributed by atoms with van der Waals surface area (Å²) in [5.74, 6) is 0.145. The number of hydrogen-bond donors (Lipinski definition) is 2. The lowest BCUT2D eigenvalue weighted by molar-refractivity contribution is -0.429. The summed E-state index contributed by atoms with van der Waals surface area (Å²) in [4.78, 5) is 53.5. The number of methoxy groups -OCH3 is 2. The van der Waals surface area contributed by atoms with Crippen molar-refractivity contribution < 1.29 is 37.6 Å². The number of ether oxygens (including phenoxy) is 2. The Morgan fingerprint density at radius 1 is 0.955 bits per heavy atom. The van der Waals surface area contributed by atoms with Gasteiger partial charge in [0.2, 0.25) is 0 Å². The predicted molar refractivity (Wildman–Crippen MR) is 160 cm³/mol. The molecule has 5 amide bonds. The van der Waals surface area contributed by atoms with Gasteiger partial charge in [-0.15, -0.1) is 0 Å². The van der Waals surface area contributed by atoms with Crippen LogP contribution in [0.5, 0.6) is 11.5 Å². The largest absolute Gasteiger partial charge is 0.501 e. The molecule has 11 heteroatoms. The normalized spacial score (nSPS) is 15.7. The Labute approximate surface area is 254 Å². The second kappa shape index (κ2) is 13.7. The number of fused-ring (bicyclic) bond motifs is 1. The molecule has 3 aromatic rings. The molecule has 1 unspecified atom stereocenters. The quantitative estimate of drug-likeness (QED) is 0.307. The maximum absolute atomic E-state index is 13.5. The van der Waals surface area contributed by atoms with Gasteiger partial charge >= 0.3 is 11.9 Å². The van der Waals surface area contributed by atoms with Gasteiger partial charge in [0.15, 0.2) is 18.0 Å². The second-order valence-electron chi connectivity index (χ2n) is 10.2. The Bertz CT molecular complexity index is 1640. The van der Waals surface area contributed by atoms with E-state index in [4.69, 9.17) is 13.9 Å². The van der Waals surface area contributed by atoms with Crippen LogP contribution in [0.1, 0.15) is 27.2 Å². The van der Waals surface area contributed by atoms with E-state index in [1.54, 1.807) is 74.9 Å². The van der Waals surface area contributed by atoms with Crippen LogP contribution >= 0.6 is 0 Å². The number of allylic oxidation sites excluding steroid dienone is 3. The van der Waals surface area contributed by atoms with Crippen molar-refractivity contribution >= 4 is 29.5 Å². The standard InChI is InChI=1S/C33H32N4O7/c1-42-28-14-11-22(18-29(28)43-2)15-16-34-31(39)24-12-9-23(10-13-24)20-37-32(40)26-7-3-4-8-27(26)36(33(37)41)21-30(38)35-19-25-6-5-17-44-25/h3-14,17-18,26H,15-16,19-21H2,1-2H3,(H-,34,35,38,39)/p+1. The summed E-state index contributed by atoms with van der Waals surface area (Å²) >= 11 is 0. The fourth-order valence-corrected chi connectivity index (χ4v) is 5.02. The summed E-state index contributed by atoms with van der Waals surface area (Å²) < 4.78 is 17.2. The Kier molecular flexibility index (Phi) is 9.34. The lowest BCUT2D eigenvalue weighted by Crippen LogP contribution is -2.55. The highest BCUT2D eigenvalue weighted by Crippen LogP contribution is 2.27. The average Bonchev–Trinajstić information content (AvgIpc) is 3.58. The molecule has 2 aromatic carbocycles. The van der Waals surface area contributed by atoms with Crippen LogP contribution in [-0.4, -0.2) is 66.2 Å². The van der Waals surface area contributed by atoms with E-state index in [0.717, 1.165) is 10.5 Å². The highest BCUT2D eigenvalue weighted by Gasteiger charge is 2.47. The first-order chi connectivity index (χ1) is 21.4. The minimum Gasteiger partial charge on any atom is -0.493 e.